The molecule has 0 aromatic heterocycles. The number of unbranched alkanes of at least 4 members (excludes halogenated alkanes) is 4. The van der Waals surface area contributed by atoms with Gasteiger partial charge in [0.15, 0.2) is 11.5 Å². The topological polar surface area (TPSA) is 124 Å². The minimum Gasteiger partial charge on any atom is -0.508 e. The first-order valence-electron chi connectivity index (χ1n) is 11.2. The van der Waals surface area contributed by atoms with Gasteiger partial charge in [0.05, 0.1) is 5.41 Å². The molecule has 7 heteroatoms. The van der Waals surface area contributed by atoms with Crippen molar-refractivity contribution in [1.29, 1.82) is 0 Å². The number of aliphatic carboxylic acids is 1. The second-order valence-corrected chi connectivity index (χ2v) is 9.44. The SMILES string of the molecule is CC(C)(CCCCCc1cc(O)c(CCCCCC2(OC=O)CC2)c(O)c1O)C(=O)O. The normalized spacial score (nSPS) is 14.9. The second kappa shape index (κ2) is 10.7. The van der Waals surface area contributed by atoms with Crippen molar-refractivity contribution in [1.82, 2.24) is 0 Å². The van der Waals surface area contributed by atoms with Crippen LogP contribution in [0.3, 0.4) is 0 Å². The Morgan fingerprint density at radius 2 is 1.68 bits per heavy atom. The summed E-state index contributed by atoms with van der Waals surface area (Å²) in [4.78, 5) is 21.6. The average Bonchev–Trinajstić information content (AvgIpc) is 3.47. The van der Waals surface area contributed by atoms with Crippen molar-refractivity contribution >= 4 is 12.4 Å². The fourth-order valence-corrected chi connectivity index (χ4v) is 3.93. The summed E-state index contributed by atoms with van der Waals surface area (Å²) in [5.74, 6) is -1.27. The highest BCUT2D eigenvalue weighted by Crippen LogP contribution is 2.44. The van der Waals surface area contributed by atoms with Crippen molar-refractivity contribution in [3.8, 4) is 17.2 Å². The summed E-state index contributed by atoms with van der Waals surface area (Å²) in [6, 6.07) is 1.52. The van der Waals surface area contributed by atoms with E-state index in [1.54, 1.807) is 13.8 Å². The molecule has 1 saturated carbocycles. The van der Waals surface area contributed by atoms with E-state index in [1.165, 1.54) is 6.07 Å². The number of aryl methyl sites for hydroxylation is 1. The van der Waals surface area contributed by atoms with Gasteiger partial charge in [0.2, 0.25) is 0 Å². The van der Waals surface area contributed by atoms with Crippen LogP contribution in [0.5, 0.6) is 17.2 Å². The molecular weight excluding hydrogens is 400 g/mol. The van der Waals surface area contributed by atoms with Gasteiger partial charge < -0.3 is 25.2 Å². The van der Waals surface area contributed by atoms with Crippen LogP contribution in [0.15, 0.2) is 6.07 Å². The van der Waals surface area contributed by atoms with Crippen molar-refractivity contribution in [2.24, 2.45) is 5.41 Å². The monoisotopic (exact) mass is 436 g/mol. The first-order chi connectivity index (χ1) is 14.6. The van der Waals surface area contributed by atoms with E-state index in [-0.39, 0.29) is 22.8 Å². The van der Waals surface area contributed by atoms with Crippen molar-refractivity contribution < 1.29 is 34.8 Å². The molecule has 4 N–H and O–H groups in total. The van der Waals surface area contributed by atoms with Crippen LogP contribution >= 0.6 is 0 Å². The molecule has 0 atom stereocenters. The molecule has 2 rings (SSSR count). The van der Waals surface area contributed by atoms with E-state index < -0.39 is 11.4 Å². The Balaban J connectivity index is 1.78. The van der Waals surface area contributed by atoms with E-state index in [2.05, 4.69) is 0 Å². The predicted molar refractivity (Wildman–Crippen MR) is 116 cm³/mol. The summed E-state index contributed by atoms with van der Waals surface area (Å²) >= 11 is 0. The lowest BCUT2D eigenvalue weighted by Crippen LogP contribution is -2.23. The third kappa shape index (κ3) is 7.04. The number of benzene rings is 1. The largest absolute Gasteiger partial charge is 0.508 e. The molecule has 1 aromatic rings. The summed E-state index contributed by atoms with van der Waals surface area (Å²) in [5.41, 5.74) is -0.149. The van der Waals surface area contributed by atoms with Crippen molar-refractivity contribution in [2.45, 2.75) is 96.5 Å². The minimum atomic E-state index is -0.808. The molecule has 0 amide bonds. The molecule has 0 saturated heterocycles. The Labute approximate surface area is 184 Å². The molecule has 1 aliphatic rings. The first-order valence-corrected chi connectivity index (χ1v) is 11.2. The lowest BCUT2D eigenvalue weighted by Gasteiger charge is -2.18. The van der Waals surface area contributed by atoms with Gasteiger partial charge in [-0.3, -0.25) is 9.59 Å². The number of rotatable bonds is 15. The van der Waals surface area contributed by atoms with E-state index in [1.807, 2.05) is 0 Å². The van der Waals surface area contributed by atoms with Gasteiger partial charge in [-0.05, 0) is 77.7 Å². The summed E-state index contributed by atoms with van der Waals surface area (Å²) in [5, 5.41) is 40.2. The third-order valence-electron chi connectivity index (χ3n) is 6.43. The van der Waals surface area contributed by atoms with E-state index in [4.69, 9.17) is 9.84 Å². The fraction of sp³-hybridized carbons (Fsp3) is 0.667. The minimum absolute atomic E-state index is 0.0136. The van der Waals surface area contributed by atoms with Crippen molar-refractivity contribution in [3.05, 3.63) is 17.2 Å². The molecule has 0 radical (unpaired) electrons. The van der Waals surface area contributed by atoms with Gasteiger partial charge in [-0.1, -0.05) is 19.3 Å². The Kier molecular flexibility index (Phi) is 8.60. The highest BCUT2D eigenvalue weighted by atomic mass is 16.5. The van der Waals surface area contributed by atoms with Crippen LogP contribution < -0.4 is 0 Å². The van der Waals surface area contributed by atoms with Gasteiger partial charge in [0, 0.05) is 11.1 Å². The average molecular weight is 437 g/mol. The third-order valence-corrected chi connectivity index (χ3v) is 6.43. The number of hydrogen-bond donors (Lipinski definition) is 4. The highest BCUT2D eigenvalue weighted by molar-refractivity contribution is 5.73. The molecule has 7 nitrogen and oxygen atoms in total. The lowest BCUT2D eigenvalue weighted by atomic mass is 9.87. The summed E-state index contributed by atoms with van der Waals surface area (Å²) < 4.78 is 5.13. The Morgan fingerprint density at radius 3 is 2.29 bits per heavy atom. The number of phenols is 3. The molecule has 174 valence electrons. The van der Waals surface area contributed by atoms with Crippen LogP contribution in [0.2, 0.25) is 0 Å². The van der Waals surface area contributed by atoms with Crippen LogP contribution in [0, 0.1) is 5.41 Å². The zero-order chi connectivity index (χ0) is 23.1. The van der Waals surface area contributed by atoms with Crippen LogP contribution in [0.4, 0.5) is 0 Å². The van der Waals surface area contributed by atoms with Crippen LogP contribution in [-0.4, -0.2) is 38.5 Å². The Hall–Kier alpha value is -2.44. The molecule has 0 spiro atoms. The first kappa shape index (κ1) is 24.8. The molecule has 1 aromatic carbocycles. The molecular formula is C24H36O7. The van der Waals surface area contributed by atoms with Crippen LogP contribution in [0.1, 0.15) is 89.2 Å². The molecule has 1 fully saturated rings. The predicted octanol–water partition coefficient (Wildman–Crippen LogP) is 4.83. The zero-order valence-electron chi connectivity index (χ0n) is 18.7. The van der Waals surface area contributed by atoms with Gasteiger partial charge in [-0.2, -0.15) is 0 Å². The van der Waals surface area contributed by atoms with E-state index in [0.29, 0.717) is 36.9 Å². The molecule has 0 unspecified atom stereocenters. The Morgan fingerprint density at radius 1 is 1.03 bits per heavy atom. The Bertz CT molecular complexity index is 766. The number of ether oxygens (including phenoxy) is 1. The van der Waals surface area contributed by atoms with E-state index in [9.17, 15) is 24.9 Å². The molecule has 0 heterocycles. The molecule has 0 aliphatic heterocycles. The maximum Gasteiger partial charge on any atom is 0.309 e. The van der Waals surface area contributed by atoms with Crippen LogP contribution in [0.25, 0.3) is 0 Å². The van der Waals surface area contributed by atoms with Gasteiger partial charge in [0.25, 0.3) is 6.47 Å². The lowest BCUT2D eigenvalue weighted by molar-refractivity contribution is -0.147. The standard InChI is InChI=1S/C24H36O7/c1-23(2,22(29)30)11-7-3-5-9-17-15-19(26)18(21(28)20(17)27)10-6-4-8-12-24(13-14-24)31-16-25/h15-16,26-28H,3-14H2,1-2H3,(H,29,30). The number of carboxylic acids is 1. The van der Waals surface area contributed by atoms with Crippen molar-refractivity contribution in [3.63, 3.8) is 0 Å². The smallest absolute Gasteiger partial charge is 0.309 e. The number of aromatic hydroxyl groups is 3. The van der Waals surface area contributed by atoms with Gasteiger partial charge in [0.1, 0.15) is 11.4 Å². The molecule has 31 heavy (non-hydrogen) atoms. The number of hydrogen-bond acceptors (Lipinski definition) is 6. The molecule has 0 bridgehead atoms. The quantitative estimate of drug-likeness (QED) is 0.134. The second-order valence-electron chi connectivity index (χ2n) is 9.44. The van der Waals surface area contributed by atoms with Gasteiger partial charge in [-0.25, -0.2) is 0 Å². The fourth-order valence-electron chi connectivity index (χ4n) is 3.93. The number of carboxylic acid groups (broad SMARTS) is 1. The van der Waals surface area contributed by atoms with Crippen molar-refractivity contribution in [2.75, 3.05) is 0 Å². The summed E-state index contributed by atoms with van der Waals surface area (Å²) in [6.45, 7) is 3.93. The maximum absolute atomic E-state index is 11.1. The van der Waals surface area contributed by atoms with Gasteiger partial charge >= 0.3 is 5.97 Å². The maximum atomic E-state index is 11.1. The van der Waals surface area contributed by atoms with Gasteiger partial charge in [-0.15, -0.1) is 0 Å². The number of phenolic OH excluding ortho intramolecular Hbond substituents is 3. The summed E-state index contributed by atoms with van der Waals surface area (Å²) in [7, 11) is 0. The highest BCUT2D eigenvalue weighted by Gasteiger charge is 2.44. The van der Waals surface area contributed by atoms with E-state index >= 15 is 0 Å². The van der Waals surface area contributed by atoms with E-state index in [0.717, 1.165) is 57.8 Å². The number of carbonyl (C=O) groups is 2. The summed E-state index contributed by atoms with van der Waals surface area (Å²) in [6.07, 6.45) is 9.00. The zero-order valence-corrected chi connectivity index (χ0v) is 18.7. The number of carbonyl (C=O) groups excluding carboxylic acids is 1. The van der Waals surface area contributed by atoms with Crippen LogP contribution in [-0.2, 0) is 27.2 Å². The molecule has 1 aliphatic carbocycles.